The molecule has 1 aromatic carbocycles. The molecule has 168 valence electrons. The Morgan fingerprint density at radius 1 is 1.10 bits per heavy atom. The van der Waals surface area contributed by atoms with Crippen LogP contribution in [0.15, 0.2) is 24.3 Å². The van der Waals surface area contributed by atoms with E-state index < -0.39 is 35.1 Å². The van der Waals surface area contributed by atoms with Gasteiger partial charge in [-0.3, -0.25) is 9.59 Å². The average molecular weight is 422 g/mol. The van der Waals surface area contributed by atoms with Gasteiger partial charge in [-0.05, 0) is 54.0 Å². The van der Waals surface area contributed by atoms with Gasteiger partial charge in [-0.1, -0.05) is 25.1 Å². The first-order chi connectivity index (χ1) is 13.7. The highest BCUT2D eigenvalue weighted by Gasteiger charge is 2.34. The number of alkyl carbamates (subject to hydrolysis) is 1. The highest BCUT2D eigenvalue weighted by Crippen LogP contribution is 2.29. The smallest absolute Gasteiger partial charge is 0.408 e. The number of ether oxygens (including phenoxy) is 1. The Kier molecular flexibility index (Phi) is 8.69. The Bertz CT molecular complexity index is 750. The molecule has 1 unspecified atom stereocenters. The fraction of sp³-hybridized carbons (Fsp3) is 0.591. The molecule has 0 spiro atoms. The predicted octanol–water partition coefficient (Wildman–Crippen LogP) is 3.11. The van der Waals surface area contributed by atoms with Crippen molar-refractivity contribution < 1.29 is 24.2 Å². The molecule has 30 heavy (non-hydrogen) atoms. The lowest BCUT2D eigenvalue weighted by Gasteiger charge is -2.34. The molecule has 8 nitrogen and oxygen atoms in total. The fourth-order valence-electron chi connectivity index (χ4n) is 2.81. The van der Waals surface area contributed by atoms with Crippen LogP contribution in [-0.4, -0.2) is 52.1 Å². The van der Waals surface area contributed by atoms with Gasteiger partial charge >= 0.3 is 6.09 Å². The van der Waals surface area contributed by atoms with Crippen LogP contribution in [-0.2, 0) is 14.3 Å². The number of carbonyl (C=O) groups excluding carboxylic acids is 3. The van der Waals surface area contributed by atoms with Crippen LogP contribution in [0.2, 0.25) is 0 Å². The summed E-state index contributed by atoms with van der Waals surface area (Å²) in [7, 11) is 0. The SMILES string of the molecule is CCCN(C(=O)CNC(=O)OC(C)(C)C)C(C(=O)NC(C)(C)C)c1ccccc1O. The second-order valence-corrected chi connectivity index (χ2v) is 9.14. The van der Waals surface area contributed by atoms with Gasteiger partial charge in [0.1, 0.15) is 23.9 Å². The van der Waals surface area contributed by atoms with Crippen LogP contribution in [0.5, 0.6) is 5.75 Å². The van der Waals surface area contributed by atoms with Crippen LogP contribution >= 0.6 is 0 Å². The Labute approximate surface area is 179 Å². The third kappa shape index (κ3) is 8.31. The number of nitrogens with zero attached hydrogens (tertiary/aromatic N) is 1. The molecule has 0 aliphatic carbocycles. The van der Waals surface area contributed by atoms with Gasteiger partial charge in [-0.2, -0.15) is 0 Å². The van der Waals surface area contributed by atoms with E-state index >= 15 is 0 Å². The van der Waals surface area contributed by atoms with E-state index in [0.717, 1.165) is 0 Å². The van der Waals surface area contributed by atoms with Gasteiger partial charge in [0.2, 0.25) is 11.8 Å². The first kappa shape index (κ1) is 25.3. The zero-order valence-electron chi connectivity index (χ0n) is 19.0. The number of benzene rings is 1. The highest BCUT2D eigenvalue weighted by atomic mass is 16.6. The molecular weight excluding hydrogens is 386 g/mol. The second-order valence-electron chi connectivity index (χ2n) is 9.14. The predicted molar refractivity (Wildman–Crippen MR) is 115 cm³/mol. The van der Waals surface area contributed by atoms with Crippen LogP contribution in [0.25, 0.3) is 0 Å². The number of phenolic OH excluding ortho intramolecular Hbond substituents is 1. The number of hydrogen-bond acceptors (Lipinski definition) is 5. The lowest BCUT2D eigenvalue weighted by molar-refractivity contribution is -0.141. The van der Waals surface area contributed by atoms with Crippen LogP contribution in [0, 0.1) is 0 Å². The summed E-state index contributed by atoms with van der Waals surface area (Å²) in [4.78, 5) is 39.4. The Hall–Kier alpha value is -2.77. The number of nitrogens with one attached hydrogen (secondary N) is 2. The molecule has 0 fully saturated rings. The Morgan fingerprint density at radius 3 is 2.20 bits per heavy atom. The molecule has 3 amide bonds. The zero-order valence-corrected chi connectivity index (χ0v) is 19.0. The summed E-state index contributed by atoms with van der Waals surface area (Å²) in [6.07, 6.45) is -0.129. The van der Waals surface area contributed by atoms with Crippen molar-refractivity contribution in [2.75, 3.05) is 13.1 Å². The first-order valence-electron chi connectivity index (χ1n) is 10.1. The van der Waals surface area contributed by atoms with Crippen molar-refractivity contribution in [2.45, 2.75) is 72.1 Å². The third-order valence-electron chi connectivity index (χ3n) is 3.86. The van der Waals surface area contributed by atoms with Gasteiger partial charge in [0.15, 0.2) is 0 Å². The summed E-state index contributed by atoms with van der Waals surface area (Å²) in [5.74, 6) is -0.955. The molecular formula is C22H35N3O5. The molecule has 0 heterocycles. The Balaban J connectivity index is 3.17. The summed E-state index contributed by atoms with van der Waals surface area (Å²) >= 11 is 0. The topological polar surface area (TPSA) is 108 Å². The van der Waals surface area contributed by atoms with Crippen molar-refractivity contribution in [3.8, 4) is 5.75 Å². The van der Waals surface area contributed by atoms with Crippen molar-refractivity contribution in [1.82, 2.24) is 15.5 Å². The lowest BCUT2D eigenvalue weighted by atomic mass is 10.0. The van der Waals surface area contributed by atoms with E-state index in [2.05, 4.69) is 10.6 Å². The minimum absolute atomic E-state index is 0.0828. The zero-order chi connectivity index (χ0) is 23.1. The minimum atomic E-state index is -1.04. The van der Waals surface area contributed by atoms with E-state index in [1.54, 1.807) is 39.0 Å². The summed E-state index contributed by atoms with van der Waals surface area (Å²) in [5, 5.41) is 15.7. The molecule has 0 radical (unpaired) electrons. The summed E-state index contributed by atoms with van der Waals surface area (Å²) < 4.78 is 5.17. The molecule has 1 rings (SSSR count). The van der Waals surface area contributed by atoms with Crippen LogP contribution in [0.3, 0.4) is 0 Å². The van der Waals surface area contributed by atoms with Gasteiger partial charge < -0.3 is 25.4 Å². The van der Waals surface area contributed by atoms with Crippen LogP contribution < -0.4 is 10.6 Å². The second kappa shape index (κ2) is 10.3. The molecule has 1 aromatic rings. The van der Waals surface area contributed by atoms with Crippen molar-refractivity contribution in [3.63, 3.8) is 0 Å². The molecule has 0 saturated carbocycles. The largest absolute Gasteiger partial charge is 0.508 e. The van der Waals surface area contributed by atoms with Gasteiger partial charge in [-0.15, -0.1) is 0 Å². The minimum Gasteiger partial charge on any atom is -0.508 e. The standard InChI is InChI=1S/C22H35N3O5/c1-8-13-25(17(27)14-23-20(29)30-22(5,6)7)18(19(28)24-21(2,3)4)15-11-9-10-12-16(15)26/h9-12,18,26H,8,13-14H2,1-7H3,(H,23,29)(H,24,28). The van der Waals surface area contributed by atoms with Gasteiger partial charge in [-0.25, -0.2) is 4.79 Å². The number of hydrogen-bond donors (Lipinski definition) is 3. The Morgan fingerprint density at radius 2 is 1.70 bits per heavy atom. The number of phenols is 1. The third-order valence-corrected chi connectivity index (χ3v) is 3.86. The van der Waals surface area contributed by atoms with Crippen LogP contribution in [0.1, 0.15) is 66.5 Å². The van der Waals surface area contributed by atoms with E-state index in [0.29, 0.717) is 12.0 Å². The van der Waals surface area contributed by atoms with E-state index in [4.69, 9.17) is 4.74 Å². The number of carbonyl (C=O) groups is 3. The van der Waals surface area contributed by atoms with Gasteiger partial charge in [0, 0.05) is 17.6 Å². The van der Waals surface area contributed by atoms with Crippen molar-refractivity contribution in [3.05, 3.63) is 29.8 Å². The van der Waals surface area contributed by atoms with Gasteiger partial charge in [0.05, 0.1) is 0 Å². The van der Waals surface area contributed by atoms with Crippen molar-refractivity contribution in [1.29, 1.82) is 0 Å². The molecule has 0 bridgehead atoms. The molecule has 8 heteroatoms. The van der Waals surface area contributed by atoms with E-state index in [1.165, 1.54) is 11.0 Å². The average Bonchev–Trinajstić information content (AvgIpc) is 2.57. The van der Waals surface area contributed by atoms with E-state index in [-0.39, 0.29) is 18.8 Å². The molecule has 0 aliphatic heterocycles. The number of para-hydroxylation sites is 1. The molecule has 0 saturated heterocycles. The maximum Gasteiger partial charge on any atom is 0.408 e. The molecule has 1 atom stereocenters. The summed E-state index contributed by atoms with van der Waals surface area (Å²) in [5.41, 5.74) is -0.908. The monoisotopic (exact) mass is 421 g/mol. The van der Waals surface area contributed by atoms with E-state index in [9.17, 15) is 19.5 Å². The maximum atomic E-state index is 13.1. The van der Waals surface area contributed by atoms with E-state index in [1.807, 2.05) is 27.7 Å². The first-order valence-corrected chi connectivity index (χ1v) is 10.1. The number of aromatic hydroxyl groups is 1. The lowest BCUT2D eigenvalue weighted by Crippen LogP contribution is -2.51. The van der Waals surface area contributed by atoms with Crippen molar-refractivity contribution >= 4 is 17.9 Å². The van der Waals surface area contributed by atoms with Crippen LogP contribution in [0.4, 0.5) is 4.79 Å². The normalized spacial score (nSPS) is 12.6. The molecule has 0 aliphatic rings. The number of amides is 3. The molecule has 0 aromatic heterocycles. The van der Waals surface area contributed by atoms with Gasteiger partial charge in [0.25, 0.3) is 0 Å². The number of rotatable bonds is 7. The fourth-order valence-corrected chi connectivity index (χ4v) is 2.81. The summed E-state index contributed by atoms with van der Waals surface area (Å²) in [6.45, 7) is 12.5. The maximum absolute atomic E-state index is 13.1. The quantitative estimate of drug-likeness (QED) is 0.627. The molecule has 3 N–H and O–H groups in total. The highest BCUT2D eigenvalue weighted by molar-refractivity contribution is 5.91. The summed E-state index contributed by atoms with van der Waals surface area (Å²) in [6, 6.07) is 5.38. The van der Waals surface area contributed by atoms with Crippen molar-refractivity contribution in [2.24, 2.45) is 0 Å².